The molecule has 1 aliphatic heterocycles. The number of piperidine rings is 1. The van der Waals surface area contributed by atoms with Gasteiger partial charge in [0.25, 0.3) is 0 Å². The Hall–Kier alpha value is -1.15. The summed E-state index contributed by atoms with van der Waals surface area (Å²) >= 11 is 0. The number of nitrogens with one attached hydrogen (secondary N) is 1. The van der Waals surface area contributed by atoms with Gasteiger partial charge in [-0.25, -0.2) is 0 Å². The first-order valence-electron chi connectivity index (χ1n) is 7.42. The van der Waals surface area contributed by atoms with Gasteiger partial charge in [-0.3, -0.25) is 4.79 Å². The van der Waals surface area contributed by atoms with E-state index in [0.29, 0.717) is 5.78 Å². The van der Waals surface area contributed by atoms with E-state index >= 15 is 0 Å². The molecule has 1 aliphatic rings. The molecule has 0 unspecified atom stereocenters. The lowest BCUT2D eigenvalue weighted by molar-refractivity contribution is 0.0703. The highest BCUT2D eigenvalue weighted by Crippen LogP contribution is 2.38. The predicted octanol–water partition coefficient (Wildman–Crippen LogP) is 3.66. The molecule has 0 atom stereocenters. The fourth-order valence-electron chi connectivity index (χ4n) is 3.24. The maximum Gasteiger partial charge on any atom is 0.169 e. The molecule has 0 radical (unpaired) electrons. The third-order valence-electron chi connectivity index (χ3n) is 4.41. The summed E-state index contributed by atoms with van der Waals surface area (Å²) in [6, 6.07) is 6.22. The lowest BCUT2D eigenvalue weighted by Gasteiger charge is -2.36. The van der Waals surface area contributed by atoms with Crippen molar-refractivity contribution in [3.05, 3.63) is 34.9 Å². The third-order valence-corrected chi connectivity index (χ3v) is 4.41. The average molecular weight is 259 g/mol. The first-order valence-corrected chi connectivity index (χ1v) is 7.42. The number of rotatable bonds is 4. The summed E-state index contributed by atoms with van der Waals surface area (Å²) in [4.78, 5) is 13.1. The van der Waals surface area contributed by atoms with Gasteiger partial charge < -0.3 is 5.32 Å². The van der Waals surface area contributed by atoms with E-state index in [1.54, 1.807) is 0 Å². The van der Waals surface area contributed by atoms with Crippen molar-refractivity contribution in [2.45, 2.75) is 46.5 Å². The lowest BCUT2D eigenvalue weighted by Crippen LogP contribution is -2.42. The monoisotopic (exact) mass is 259 g/mol. The fraction of sp³-hybridized carbons (Fsp3) is 0.588. The van der Waals surface area contributed by atoms with Crippen molar-refractivity contribution >= 4 is 5.78 Å². The summed E-state index contributed by atoms with van der Waals surface area (Å²) in [6.45, 7) is 8.23. The fourth-order valence-corrected chi connectivity index (χ4v) is 3.24. The average Bonchev–Trinajstić information content (AvgIpc) is 2.42. The molecular formula is C17H25NO. The Balaban J connectivity index is 2.36. The van der Waals surface area contributed by atoms with Gasteiger partial charge in [-0.15, -0.1) is 0 Å². The zero-order chi connectivity index (χ0) is 13.9. The minimum atomic E-state index is -0.126. The Morgan fingerprint density at radius 1 is 1.26 bits per heavy atom. The number of benzene rings is 1. The molecule has 2 nitrogen and oxygen atoms in total. The van der Waals surface area contributed by atoms with Crippen molar-refractivity contribution in [3.63, 3.8) is 0 Å². The summed E-state index contributed by atoms with van der Waals surface area (Å²) in [5.74, 6) is 0.372. The van der Waals surface area contributed by atoms with Crippen molar-refractivity contribution < 1.29 is 4.79 Å². The van der Waals surface area contributed by atoms with Gasteiger partial charge >= 0.3 is 0 Å². The number of carbonyl (C=O) groups excluding carboxylic acids is 1. The highest BCUT2D eigenvalue weighted by molar-refractivity contribution is 6.02. The van der Waals surface area contributed by atoms with E-state index in [4.69, 9.17) is 0 Å². The Bertz CT molecular complexity index is 453. The normalized spacial score (nSPS) is 18.3. The first-order chi connectivity index (χ1) is 9.09. The second kappa shape index (κ2) is 5.87. The molecule has 1 fully saturated rings. The molecule has 0 aliphatic carbocycles. The van der Waals surface area contributed by atoms with E-state index in [1.165, 1.54) is 5.56 Å². The van der Waals surface area contributed by atoms with Crippen molar-refractivity contribution in [1.29, 1.82) is 0 Å². The van der Waals surface area contributed by atoms with Gasteiger partial charge in [0, 0.05) is 11.0 Å². The van der Waals surface area contributed by atoms with E-state index in [9.17, 15) is 4.79 Å². The zero-order valence-electron chi connectivity index (χ0n) is 12.4. The summed E-state index contributed by atoms with van der Waals surface area (Å²) in [5.41, 5.74) is 3.10. The van der Waals surface area contributed by atoms with Gasteiger partial charge in [0.2, 0.25) is 0 Å². The number of carbonyl (C=O) groups is 1. The number of hydrogen-bond acceptors (Lipinski definition) is 2. The summed E-state index contributed by atoms with van der Waals surface area (Å²) < 4.78 is 0. The van der Waals surface area contributed by atoms with Crippen LogP contribution in [0.5, 0.6) is 0 Å². The molecule has 0 saturated carbocycles. The molecule has 19 heavy (non-hydrogen) atoms. The van der Waals surface area contributed by atoms with E-state index in [2.05, 4.69) is 37.4 Å². The van der Waals surface area contributed by atoms with Crippen LogP contribution < -0.4 is 5.32 Å². The Morgan fingerprint density at radius 3 is 2.58 bits per heavy atom. The van der Waals surface area contributed by atoms with Gasteiger partial charge in [0.1, 0.15) is 0 Å². The quantitative estimate of drug-likeness (QED) is 0.836. The number of aryl methyl sites for hydroxylation is 2. The topological polar surface area (TPSA) is 29.1 Å². The third kappa shape index (κ3) is 2.89. The smallest absolute Gasteiger partial charge is 0.169 e. The molecule has 1 heterocycles. The highest BCUT2D eigenvalue weighted by atomic mass is 16.1. The van der Waals surface area contributed by atoms with Gasteiger partial charge in [-0.1, -0.05) is 31.0 Å². The van der Waals surface area contributed by atoms with Crippen molar-refractivity contribution in [2.24, 2.45) is 5.41 Å². The van der Waals surface area contributed by atoms with E-state index < -0.39 is 0 Å². The second-order valence-electron chi connectivity index (χ2n) is 5.93. The van der Waals surface area contributed by atoms with Crippen LogP contribution >= 0.6 is 0 Å². The first kappa shape index (κ1) is 14.3. The molecule has 2 rings (SSSR count). The minimum absolute atomic E-state index is 0.126. The molecule has 1 aromatic carbocycles. The Morgan fingerprint density at radius 2 is 1.95 bits per heavy atom. The summed E-state index contributed by atoms with van der Waals surface area (Å²) in [6.07, 6.45) is 4.05. The molecule has 2 heteroatoms. The molecule has 0 amide bonds. The standard InChI is InChI=1S/C17H25NO/c1-4-7-17(8-10-18-11-9-17)16(19)15-12-13(2)5-6-14(15)3/h5-6,12,18H,4,7-11H2,1-3H3. The van der Waals surface area contributed by atoms with E-state index in [-0.39, 0.29) is 5.41 Å². The minimum Gasteiger partial charge on any atom is -0.317 e. The van der Waals surface area contributed by atoms with Crippen LogP contribution in [-0.4, -0.2) is 18.9 Å². The lowest BCUT2D eigenvalue weighted by atomic mass is 9.69. The molecule has 1 aromatic rings. The largest absolute Gasteiger partial charge is 0.317 e. The van der Waals surface area contributed by atoms with Crippen molar-refractivity contribution in [2.75, 3.05) is 13.1 Å². The second-order valence-corrected chi connectivity index (χ2v) is 5.93. The molecule has 0 aromatic heterocycles. The SMILES string of the molecule is CCCC1(C(=O)c2cc(C)ccc2C)CCNCC1. The van der Waals surface area contributed by atoms with Gasteiger partial charge in [-0.2, -0.15) is 0 Å². The maximum absolute atomic E-state index is 13.1. The number of hydrogen-bond donors (Lipinski definition) is 1. The molecule has 0 bridgehead atoms. The van der Waals surface area contributed by atoms with Crippen LogP contribution in [0.2, 0.25) is 0 Å². The predicted molar refractivity (Wildman–Crippen MR) is 79.7 cm³/mol. The van der Waals surface area contributed by atoms with Crippen LogP contribution in [0.3, 0.4) is 0 Å². The van der Waals surface area contributed by atoms with Gasteiger partial charge in [-0.05, 0) is 57.8 Å². The van der Waals surface area contributed by atoms with Crippen LogP contribution in [-0.2, 0) is 0 Å². The molecule has 104 valence electrons. The van der Waals surface area contributed by atoms with Crippen LogP contribution in [0.4, 0.5) is 0 Å². The van der Waals surface area contributed by atoms with Gasteiger partial charge in [0.05, 0.1) is 0 Å². The number of Topliss-reactive ketones (excluding diaryl/α,β-unsaturated/α-hetero) is 1. The van der Waals surface area contributed by atoms with Crippen LogP contribution in [0.25, 0.3) is 0 Å². The zero-order valence-corrected chi connectivity index (χ0v) is 12.4. The van der Waals surface area contributed by atoms with Gasteiger partial charge in [0.15, 0.2) is 5.78 Å². The van der Waals surface area contributed by atoms with E-state index in [1.807, 2.05) is 6.92 Å². The highest BCUT2D eigenvalue weighted by Gasteiger charge is 2.39. The Labute approximate surface area is 116 Å². The molecule has 0 spiro atoms. The van der Waals surface area contributed by atoms with Crippen molar-refractivity contribution in [3.8, 4) is 0 Å². The number of ketones is 1. The molecule has 1 saturated heterocycles. The summed E-state index contributed by atoms with van der Waals surface area (Å²) in [7, 11) is 0. The maximum atomic E-state index is 13.1. The van der Waals surface area contributed by atoms with E-state index in [0.717, 1.165) is 49.9 Å². The van der Waals surface area contributed by atoms with Crippen LogP contribution in [0.15, 0.2) is 18.2 Å². The van der Waals surface area contributed by atoms with Crippen molar-refractivity contribution in [1.82, 2.24) is 5.32 Å². The summed E-state index contributed by atoms with van der Waals surface area (Å²) in [5, 5.41) is 3.38. The van der Waals surface area contributed by atoms with Crippen LogP contribution in [0, 0.1) is 19.3 Å². The molecular weight excluding hydrogens is 234 g/mol. The Kier molecular flexibility index (Phi) is 4.41. The molecule has 1 N–H and O–H groups in total. The van der Waals surface area contributed by atoms with Crippen LogP contribution in [0.1, 0.15) is 54.1 Å².